The summed E-state index contributed by atoms with van der Waals surface area (Å²) in [7, 11) is 0. The lowest BCUT2D eigenvalue weighted by Crippen LogP contribution is -2.28. The van der Waals surface area contributed by atoms with Gasteiger partial charge in [-0.1, -0.05) is 30.3 Å². The summed E-state index contributed by atoms with van der Waals surface area (Å²) in [6, 6.07) is 18.5. The van der Waals surface area contributed by atoms with Crippen LogP contribution in [0, 0.1) is 11.7 Å². The number of nitrogens with zero attached hydrogens (tertiary/aromatic N) is 2. The lowest BCUT2D eigenvalue weighted by molar-refractivity contribution is -0.122. The Bertz CT molecular complexity index is 1040. The van der Waals surface area contributed by atoms with E-state index in [1.807, 2.05) is 18.2 Å². The van der Waals surface area contributed by atoms with Crippen LogP contribution in [0.3, 0.4) is 0 Å². The van der Waals surface area contributed by atoms with Crippen molar-refractivity contribution in [2.45, 2.75) is 6.42 Å². The highest BCUT2D eigenvalue weighted by molar-refractivity contribution is 6.03. The van der Waals surface area contributed by atoms with Gasteiger partial charge in [0.25, 0.3) is 0 Å². The van der Waals surface area contributed by atoms with Gasteiger partial charge >= 0.3 is 0 Å². The van der Waals surface area contributed by atoms with Crippen LogP contribution in [0.2, 0.25) is 0 Å². The number of nitrogens with one attached hydrogen (secondary N) is 1. The third kappa shape index (κ3) is 4.08. The topological polar surface area (TPSA) is 71.5 Å². The standard InChI is InChI=1S/C22H18FN3O3/c23-17-9-4-5-11-19(17)26-14-15(13-20(26)27)21(28)25-18-10-6-12-24-22(18)29-16-7-2-1-3-8-16/h1-12,15H,13-14H2,(H,25,28). The largest absolute Gasteiger partial charge is 0.437 e. The minimum absolute atomic E-state index is 0.00923. The van der Waals surface area contributed by atoms with E-state index in [1.54, 1.807) is 42.6 Å². The molecule has 0 aliphatic carbocycles. The molecule has 7 heteroatoms. The maximum absolute atomic E-state index is 14.0. The number of aromatic nitrogens is 1. The molecule has 4 rings (SSSR count). The number of halogens is 1. The molecule has 1 atom stereocenters. The van der Waals surface area contributed by atoms with Gasteiger partial charge in [0.2, 0.25) is 17.7 Å². The summed E-state index contributed by atoms with van der Waals surface area (Å²) in [5.41, 5.74) is 0.584. The fourth-order valence-corrected chi connectivity index (χ4v) is 3.19. The van der Waals surface area contributed by atoms with Crippen LogP contribution in [0.15, 0.2) is 72.9 Å². The second-order valence-corrected chi connectivity index (χ2v) is 6.62. The first-order valence-corrected chi connectivity index (χ1v) is 9.15. The summed E-state index contributed by atoms with van der Waals surface area (Å²) in [6.07, 6.45) is 1.57. The minimum atomic E-state index is -0.605. The highest BCUT2D eigenvalue weighted by Crippen LogP contribution is 2.30. The highest BCUT2D eigenvalue weighted by Gasteiger charge is 2.36. The molecular formula is C22H18FN3O3. The van der Waals surface area contributed by atoms with Crippen molar-refractivity contribution in [2.24, 2.45) is 5.92 Å². The molecule has 2 aromatic carbocycles. The van der Waals surface area contributed by atoms with Crippen LogP contribution in [0.1, 0.15) is 6.42 Å². The Labute approximate surface area is 166 Å². The summed E-state index contributed by atoms with van der Waals surface area (Å²) in [4.78, 5) is 30.6. The molecule has 2 heterocycles. The lowest BCUT2D eigenvalue weighted by atomic mass is 10.1. The van der Waals surface area contributed by atoms with E-state index in [1.165, 1.54) is 17.0 Å². The van der Waals surface area contributed by atoms with Crippen LogP contribution in [-0.2, 0) is 9.59 Å². The van der Waals surface area contributed by atoms with Crippen molar-refractivity contribution in [1.82, 2.24) is 4.98 Å². The summed E-state index contributed by atoms with van der Waals surface area (Å²) < 4.78 is 19.8. The molecular weight excluding hydrogens is 373 g/mol. The molecule has 0 bridgehead atoms. The molecule has 2 amide bonds. The Morgan fingerprint density at radius 2 is 1.83 bits per heavy atom. The van der Waals surface area contributed by atoms with E-state index in [4.69, 9.17) is 4.74 Å². The molecule has 146 valence electrons. The molecule has 1 aliphatic rings. The number of hydrogen-bond donors (Lipinski definition) is 1. The normalized spacial score (nSPS) is 16.0. The van der Waals surface area contributed by atoms with Crippen LogP contribution >= 0.6 is 0 Å². The van der Waals surface area contributed by atoms with Gasteiger partial charge in [0.1, 0.15) is 17.3 Å². The van der Waals surface area contributed by atoms with E-state index >= 15 is 0 Å². The van der Waals surface area contributed by atoms with E-state index in [0.29, 0.717) is 11.4 Å². The van der Waals surface area contributed by atoms with E-state index < -0.39 is 11.7 Å². The number of rotatable bonds is 5. The molecule has 1 saturated heterocycles. The zero-order valence-electron chi connectivity index (χ0n) is 15.4. The average molecular weight is 391 g/mol. The SMILES string of the molecule is O=C(Nc1cccnc1Oc1ccccc1)C1CC(=O)N(c2ccccc2F)C1. The number of pyridine rings is 1. The van der Waals surface area contributed by atoms with Gasteiger partial charge < -0.3 is 15.0 Å². The van der Waals surface area contributed by atoms with Gasteiger partial charge in [-0.15, -0.1) is 0 Å². The van der Waals surface area contributed by atoms with Crippen molar-refractivity contribution in [3.8, 4) is 11.6 Å². The van der Waals surface area contributed by atoms with Crippen molar-refractivity contribution < 1.29 is 18.7 Å². The number of benzene rings is 2. The molecule has 1 fully saturated rings. The van der Waals surface area contributed by atoms with E-state index in [0.717, 1.165) is 0 Å². The monoisotopic (exact) mass is 391 g/mol. The smallest absolute Gasteiger partial charge is 0.243 e. The molecule has 3 aromatic rings. The molecule has 1 N–H and O–H groups in total. The zero-order valence-corrected chi connectivity index (χ0v) is 15.4. The lowest BCUT2D eigenvalue weighted by Gasteiger charge is -2.17. The summed E-state index contributed by atoms with van der Waals surface area (Å²) >= 11 is 0. The molecule has 1 aromatic heterocycles. The number of amides is 2. The van der Waals surface area contributed by atoms with Gasteiger partial charge in [-0.05, 0) is 36.4 Å². The van der Waals surface area contributed by atoms with Gasteiger partial charge in [0, 0.05) is 19.2 Å². The van der Waals surface area contributed by atoms with E-state index in [-0.39, 0.29) is 36.3 Å². The third-order valence-corrected chi connectivity index (χ3v) is 4.63. The van der Waals surface area contributed by atoms with Gasteiger partial charge in [-0.3, -0.25) is 9.59 Å². The Morgan fingerprint density at radius 1 is 1.07 bits per heavy atom. The first-order chi connectivity index (χ1) is 14.1. The van der Waals surface area contributed by atoms with Crippen LogP contribution in [0.4, 0.5) is 15.8 Å². The summed E-state index contributed by atoms with van der Waals surface area (Å²) in [5.74, 6) is -0.893. The Hall–Kier alpha value is -3.74. The van der Waals surface area contributed by atoms with Crippen LogP contribution in [-0.4, -0.2) is 23.3 Å². The van der Waals surface area contributed by atoms with Crippen LogP contribution < -0.4 is 15.0 Å². The predicted molar refractivity (Wildman–Crippen MR) is 106 cm³/mol. The molecule has 1 aliphatic heterocycles. The summed E-state index contributed by atoms with van der Waals surface area (Å²) in [5, 5.41) is 2.78. The second-order valence-electron chi connectivity index (χ2n) is 6.62. The van der Waals surface area contributed by atoms with Gasteiger partial charge in [-0.2, -0.15) is 0 Å². The van der Waals surface area contributed by atoms with Crippen molar-refractivity contribution in [3.63, 3.8) is 0 Å². The first-order valence-electron chi connectivity index (χ1n) is 9.15. The Kier molecular flexibility index (Phi) is 5.20. The van der Waals surface area contributed by atoms with E-state index in [2.05, 4.69) is 10.3 Å². The molecule has 0 radical (unpaired) electrons. The van der Waals surface area contributed by atoms with Crippen molar-refractivity contribution in [2.75, 3.05) is 16.8 Å². The number of carbonyl (C=O) groups excluding carboxylic acids is 2. The highest BCUT2D eigenvalue weighted by atomic mass is 19.1. The average Bonchev–Trinajstić information content (AvgIpc) is 3.12. The molecule has 0 spiro atoms. The van der Waals surface area contributed by atoms with Crippen molar-refractivity contribution >= 4 is 23.2 Å². The molecule has 29 heavy (non-hydrogen) atoms. The van der Waals surface area contributed by atoms with Gasteiger partial charge in [-0.25, -0.2) is 9.37 Å². The fourth-order valence-electron chi connectivity index (χ4n) is 3.19. The maximum Gasteiger partial charge on any atom is 0.243 e. The van der Waals surface area contributed by atoms with Gasteiger partial charge in [0.15, 0.2) is 0 Å². The molecule has 1 unspecified atom stereocenters. The van der Waals surface area contributed by atoms with Gasteiger partial charge in [0.05, 0.1) is 11.6 Å². The quantitative estimate of drug-likeness (QED) is 0.714. The number of ether oxygens (including phenoxy) is 1. The maximum atomic E-state index is 14.0. The van der Waals surface area contributed by atoms with Crippen molar-refractivity contribution in [1.29, 1.82) is 0 Å². The fraction of sp³-hybridized carbons (Fsp3) is 0.136. The number of anilines is 2. The second kappa shape index (κ2) is 8.10. The summed E-state index contributed by atoms with van der Waals surface area (Å²) in [6.45, 7) is 0.112. The Balaban J connectivity index is 1.48. The minimum Gasteiger partial charge on any atom is -0.437 e. The predicted octanol–water partition coefficient (Wildman–Crippen LogP) is 4.00. The van der Waals surface area contributed by atoms with E-state index in [9.17, 15) is 14.0 Å². The molecule has 0 saturated carbocycles. The number of carbonyl (C=O) groups is 2. The zero-order chi connectivity index (χ0) is 20.2. The van der Waals surface area contributed by atoms with Crippen LogP contribution in [0.25, 0.3) is 0 Å². The van der Waals surface area contributed by atoms with Crippen LogP contribution in [0.5, 0.6) is 11.6 Å². The first kappa shape index (κ1) is 18.6. The number of hydrogen-bond acceptors (Lipinski definition) is 4. The molecule has 6 nitrogen and oxygen atoms in total. The Morgan fingerprint density at radius 3 is 2.62 bits per heavy atom. The third-order valence-electron chi connectivity index (χ3n) is 4.63. The number of para-hydroxylation sites is 2. The van der Waals surface area contributed by atoms with Crippen molar-refractivity contribution in [3.05, 3.63) is 78.7 Å².